The Hall–Kier alpha value is -0.640. The van der Waals surface area contributed by atoms with Crippen LogP contribution in [0.15, 0.2) is 24.3 Å². The van der Waals surface area contributed by atoms with Gasteiger partial charge in [0.25, 0.3) is 0 Å². The van der Waals surface area contributed by atoms with Crippen molar-refractivity contribution in [3.05, 3.63) is 34.9 Å². The Bertz CT molecular complexity index is 388. The van der Waals surface area contributed by atoms with Gasteiger partial charge in [-0.25, -0.2) is 0 Å². The van der Waals surface area contributed by atoms with Crippen molar-refractivity contribution >= 4 is 28.8 Å². The van der Waals surface area contributed by atoms with Crippen molar-refractivity contribution in [2.45, 2.75) is 18.9 Å². The average molecular weight is 255 g/mol. The lowest BCUT2D eigenvalue weighted by Crippen LogP contribution is -2.35. The van der Waals surface area contributed by atoms with E-state index in [0.29, 0.717) is 4.99 Å². The summed E-state index contributed by atoms with van der Waals surface area (Å²) in [5.74, 6) is 0. The van der Waals surface area contributed by atoms with Crippen LogP contribution in [-0.2, 0) is 0 Å². The van der Waals surface area contributed by atoms with Crippen LogP contribution in [0.3, 0.4) is 0 Å². The van der Waals surface area contributed by atoms with E-state index in [1.807, 2.05) is 24.3 Å². The summed E-state index contributed by atoms with van der Waals surface area (Å²) in [6, 6.07) is 7.78. The van der Waals surface area contributed by atoms with Crippen molar-refractivity contribution in [3.63, 3.8) is 0 Å². The summed E-state index contributed by atoms with van der Waals surface area (Å²) in [7, 11) is 0. The quantitative estimate of drug-likeness (QED) is 0.842. The molecule has 0 spiro atoms. The standard InChI is InChI=1S/C12H15ClN2S/c13-10-6-2-1-5-9(10)11(12(14)16)15-7-3-4-8-15/h1-2,5-6,11H,3-4,7-8H2,(H2,14,16). The van der Waals surface area contributed by atoms with Gasteiger partial charge in [0, 0.05) is 5.02 Å². The number of rotatable bonds is 3. The molecule has 0 aromatic heterocycles. The molecular formula is C12H15ClN2S. The molecule has 16 heavy (non-hydrogen) atoms. The molecule has 0 amide bonds. The van der Waals surface area contributed by atoms with Crippen LogP contribution in [0, 0.1) is 0 Å². The third-order valence-electron chi connectivity index (χ3n) is 2.98. The fourth-order valence-electron chi connectivity index (χ4n) is 2.23. The molecule has 2 rings (SSSR count). The molecule has 86 valence electrons. The van der Waals surface area contributed by atoms with Crippen molar-refractivity contribution in [2.75, 3.05) is 13.1 Å². The van der Waals surface area contributed by atoms with E-state index >= 15 is 0 Å². The van der Waals surface area contributed by atoms with Crippen LogP contribution in [0.1, 0.15) is 24.4 Å². The highest BCUT2D eigenvalue weighted by atomic mass is 35.5. The van der Waals surface area contributed by atoms with Gasteiger partial charge >= 0.3 is 0 Å². The summed E-state index contributed by atoms with van der Waals surface area (Å²) in [4.78, 5) is 2.82. The molecule has 2 N–H and O–H groups in total. The average Bonchev–Trinajstić information content (AvgIpc) is 2.74. The van der Waals surface area contributed by atoms with E-state index in [4.69, 9.17) is 29.6 Å². The van der Waals surface area contributed by atoms with Gasteiger partial charge < -0.3 is 5.73 Å². The van der Waals surface area contributed by atoms with E-state index in [-0.39, 0.29) is 6.04 Å². The monoisotopic (exact) mass is 254 g/mol. The Morgan fingerprint density at radius 1 is 1.31 bits per heavy atom. The molecule has 1 saturated heterocycles. The third-order valence-corrected chi connectivity index (χ3v) is 3.54. The molecule has 0 bridgehead atoms. The lowest BCUT2D eigenvalue weighted by Gasteiger charge is -2.27. The van der Waals surface area contributed by atoms with Crippen LogP contribution >= 0.6 is 23.8 Å². The van der Waals surface area contributed by atoms with Crippen LogP contribution in [-0.4, -0.2) is 23.0 Å². The fourth-order valence-corrected chi connectivity index (χ4v) is 2.74. The molecular weight excluding hydrogens is 240 g/mol. The SMILES string of the molecule is NC(=S)C(c1ccccc1Cl)N1CCCC1. The zero-order chi connectivity index (χ0) is 11.5. The Balaban J connectivity index is 2.32. The van der Waals surface area contributed by atoms with Gasteiger partial charge in [0.1, 0.15) is 0 Å². The summed E-state index contributed by atoms with van der Waals surface area (Å²) in [6.07, 6.45) is 2.42. The van der Waals surface area contributed by atoms with E-state index in [1.165, 1.54) is 12.8 Å². The first-order valence-electron chi connectivity index (χ1n) is 5.48. The molecule has 1 heterocycles. The van der Waals surface area contributed by atoms with Crippen molar-refractivity contribution in [1.29, 1.82) is 0 Å². The highest BCUT2D eigenvalue weighted by Crippen LogP contribution is 2.30. The minimum absolute atomic E-state index is 0.00815. The van der Waals surface area contributed by atoms with Crippen LogP contribution in [0.5, 0.6) is 0 Å². The van der Waals surface area contributed by atoms with Crippen molar-refractivity contribution in [1.82, 2.24) is 4.90 Å². The minimum Gasteiger partial charge on any atom is -0.392 e. The fraction of sp³-hybridized carbons (Fsp3) is 0.417. The molecule has 1 unspecified atom stereocenters. The first-order valence-corrected chi connectivity index (χ1v) is 6.26. The number of thiocarbonyl (C=S) groups is 1. The zero-order valence-corrected chi connectivity index (χ0v) is 10.6. The molecule has 0 aliphatic carbocycles. The van der Waals surface area contributed by atoms with Gasteiger partial charge in [-0.2, -0.15) is 0 Å². The first kappa shape index (κ1) is 11.8. The lowest BCUT2D eigenvalue weighted by molar-refractivity contribution is 0.305. The summed E-state index contributed by atoms with van der Waals surface area (Å²) in [5.41, 5.74) is 6.88. The number of hydrogen-bond acceptors (Lipinski definition) is 2. The molecule has 1 aliphatic heterocycles. The molecule has 1 aromatic carbocycles. The number of halogens is 1. The molecule has 0 saturated carbocycles. The van der Waals surface area contributed by atoms with Gasteiger partial charge in [0.15, 0.2) is 0 Å². The van der Waals surface area contributed by atoms with E-state index in [1.54, 1.807) is 0 Å². The highest BCUT2D eigenvalue weighted by molar-refractivity contribution is 7.80. The Morgan fingerprint density at radius 3 is 2.50 bits per heavy atom. The third kappa shape index (κ3) is 2.37. The second kappa shape index (κ2) is 5.13. The minimum atomic E-state index is -0.00815. The van der Waals surface area contributed by atoms with Gasteiger partial charge in [-0.1, -0.05) is 42.0 Å². The van der Waals surface area contributed by atoms with E-state index in [0.717, 1.165) is 23.7 Å². The smallest absolute Gasteiger partial charge is 0.0948 e. The number of nitrogens with two attached hydrogens (primary N) is 1. The maximum atomic E-state index is 6.20. The maximum absolute atomic E-state index is 6.20. The second-order valence-corrected chi connectivity index (χ2v) is 4.95. The lowest BCUT2D eigenvalue weighted by atomic mass is 10.1. The molecule has 1 fully saturated rings. The summed E-state index contributed by atoms with van der Waals surface area (Å²) < 4.78 is 0. The van der Waals surface area contributed by atoms with Crippen LogP contribution in [0.2, 0.25) is 5.02 Å². The largest absolute Gasteiger partial charge is 0.392 e. The molecule has 2 nitrogen and oxygen atoms in total. The number of benzene rings is 1. The van der Waals surface area contributed by atoms with E-state index in [9.17, 15) is 0 Å². The Morgan fingerprint density at radius 2 is 1.94 bits per heavy atom. The van der Waals surface area contributed by atoms with Gasteiger partial charge in [-0.15, -0.1) is 0 Å². The van der Waals surface area contributed by atoms with Crippen LogP contribution < -0.4 is 5.73 Å². The predicted molar refractivity (Wildman–Crippen MR) is 71.8 cm³/mol. The molecule has 1 aliphatic rings. The van der Waals surface area contributed by atoms with Gasteiger partial charge in [-0.05, 0) is 37.6 Å². The Kier molecular flexibility index (Phi) is 3.79. The maximum Gasteiger partial charge on any atom is 0.0948 e. The van der Waals surface area contributed by atoms with Crippen LogP contribution in [0.25, 0.3) is 0 Å². The molecule has 4 heteroatoms. The summed E-state index contributed by atoms with van der Waals surface area (Å²) in [5, 5.41) is 0.743. The number of nitrogens with zero attached hydrogens (tertiary/aromatic N) is 1. The number of hydrogen-bond donors (Lipinski definition) is 1. The topological polar surface area (TPSA) is 29.3 Å². The first-order chi connectivity index (χ1) is 7.70. The molecule has 1 aromatic rings. The predicted octanol–water partition coefficient (Wildman–Crippen LogP) is 2.76. The Labute approximate surface area is 106 Å². The van der Waals surface area contributed by atoms with E-state index in [2.05, 4.69) is 4.90 Å². The van der Waals surface area contributed by atoms with Crippen LogP contribution in [0.4, 0.5) is 0 Å². The molecule has 0 radical (unpaired) electrons. The number of likely N-dealkylation sites (tertiary alicyclic amines) is 1. The van der Waals surface area contributed by atoms with Crippen molar-refractivity contribution in [2.24, 2.45) is 5.73 Å². The second-order valence-electron chi connectivity index (χ2n) is 4.07. The van der Waals surface area contributed by atoms with Crippen molar-refractivity contribution < 1.29 is 0 Å². The summed E-state index contributed by atoms with van der Waals surface area (Å²) >= 11 is 11.4. The van der Waals surface area contributed by atoms with Gasteiger partial charge in [0.05, 0.1) is 11.0 Å². The highest BCUT2D eigenvalue weighted by Gasteiger charge is 2.26. The summed E-state index contributed by atoms with van der Waals surface area (Å²) in [6.45, 7) is 2.10. The van der Waals surface area contributed by atoms with Gasteiger partial charge in [-0.3, -0.25) is 4.90 Å². The normalized spacial score (nSPS) is 18.6. The molecule has 1 atom stereocenters. The van der Waals surface area contributed by atoms with Crippen molar-refractivity contribution in [3.8, 4) is 0 Å². The van der Waals surface area contributed by atoms with E-state index < -0.39 is 0 Å². The van der Waals surface area contributed by atoms with Gasteiger partial charge in [0.2, 0.25) is 0 Å². The zero-order valence-electron chi connectivity index (χ0n) is 9.03.